The van der Waals surface area contributed by atoms with Crippen LogP contribution in [-0.4, -0.2) is 47.8 Å². The maximum absolute atomic E-state index is 13.8. The van der Waals surface area contributed by atoms with Crippen LogP contribution in [-0.2, 0) is 11.2 Å². The van der Waals surface area contributed by atoms with Gasteiger partial charge < -0.3 is 9.80 Å². The van der Waals surface area contributed by atoms with E-state index in [9.17, 15) is 18.4 Å². The van der Waals surface area contributed by atoms with E-state index >= 15 is 0 Å². The molecular formula is C20H20F2N2O2. The summed E-state index contributed by atoms with van der Waals surface area (Å²) >= 11 is 0. The number of carbonyl (C=O) groups excluding carboxylic acids is 2. The van der Waals surface area contributed by atoms with Gasteiger partial charge in [-0.3, -0.25) is 9.59 Å². The Hall–Kier alpha value is -2.76. The number of amides is 2. The van der Waals surface area contributed by atoms with Gasteiger partial charge in [0.05, 0.1) is 12.0 Å². The maximum Gasteiger partial charge on any atom is 0.257 e. The molecule has 136 valence electrons. The average Bonchev–Trinajstić information content (AvgIpc) is 2.63. The first-order valence-electron chi connectivity index (χ1n) is 8.51. The maximum atomic E-state index is 13.8. The predicted molar refractivity (Wildman–Crippen MR) is 93.7 cm³/mol. The highest BCUT2D eigenvalue weighted by molar-refractivity contribution is 5.94. The van der Waals surface area contributed by atoms with Gasteiger partial charge in [0.2, 0.25) is 5.91 Å². The highest BCUT2D eigenvalue weighted by Crippen LogP contribution is 2.15. The van der Waals surface area contributed by atoms with Gasteiger partial charge >= 0.3 is 0 Å². The molecule has 0 N–H and O–H groups in total. The molecule has 1 fully saturated rings. The van der Waals surface area contributed by atoms with Gasteiger partial charge in [-0.05, 0) is 30.7 Å². The number of rotatable bonds is 3. The van der Waals surface area contributed by atoms with Crippen molar-refractivity contribution in [1.82, 2.24) is 9.80 Å². The number of hydrogen-bond donors (Lipinski definition) is 0. The number of halogens is 2. The zero-order valence-corrected chi connectivity index (χ0v) is 14.5. The van der Waals surface area contributed by atoms with Crippen LogP contribution in [0.4, 0.5) is 8.78 Å². The number of piperazine rings is 1. The lowest BCUT2D eigenvalue weighted by atomic mass is 10.1. The topological polar surface area (TPSA) is 40.6 Å². The highest BCUT2D eigenvalue weighted by Gasteiger charge is 2.26. The first-order chi connectivity index (χ1) is 12.4. The third-order valence-corrected chi connectivity index (χ3v) is 4.52. The van der Waals surface area contributed by atoms with Crippen LogP contribution < -0.4 is 0 Å². The van der Waals surface area contributed by atoms with Crippen molar-refractivity contribution in [3.8, 4) is 0 Å². The van der Waals surface area contributed by atoms with Crippen LogP contribution in [0.25, 0.3) is 0 Å². The summed E-state index contributed by atoms with van der Waals surface area (Å²) in [7, 11) is 0. The molecule has 0 spiro atoms. The normalized spacial score (nSPS) is 14.4. The number of nitrogens with zero attached hydrogens (tertiary/aromatic N) is 2. The molecule has 2 amide bonds. The van der Waals surface area contributed by atoms with Gasteiger partial charge in [0.1, 0.15) is 11.6 Å². The fourth-order valence-corrected chi connectivity index (χ4v) is 3.10. The minimum absolute atomic E-state index is 0.000338. The second-order valence-corrected chi connectivity index (χ2v) is 6.46. The van der Waals surface area contributed by atoms with Crippen LogP contribution in [0.2, 0.25) is 0 Å². The first kappa shape index (κ1) is 18.0. The number of hydrogen-bond acceptors (Lipinski definition) is 2. The summed E-state index contributed by atoms with van der Waals surface area (Å²) in [5.74, 6) is -1.94. The molecule has 1 aliphatic rings. The Morgan fingerprint density at radius 2 is 1.65 bits per heavy atom. The van der Waals surface area contributed by atoms with Crippen molar-refractivity contribution in [2.45, 2.75) is 13.3 Å². The minimum atomic E-state index is -0.741. The van der Waals surface area contributed by atoms with Crippen LogP contribution in [0.15, 0.2) is 42.5 Å². The summed E-state index contributed by atoms with van der Waals surface area (Å²) in [6.07, 6.45) is 0.314. The van der Waals surface area contributed by atoms with Gasteiger partial charge in [-0.1, -0.05) is 29.8 Å². The second-order valence-electron chi connectivity index (χ2n) is 6.46. The van der Waals surface area contributed by atoms with E-state index in [0.717, 1.165) is 29.3 Å². The zero-order valence-electron chi connectivity index (χ0n) is 14.5. The van der Waals surface area contributed by atoms with E-state index in [2.05, 4.69) is 0 Å². The van der Waals surface area contributed by atoms with Crippen LogP contribution in [0.3, 0.4) is 0 Å². The molecular weight excluding hydrogens is 338 g/mol. The molecule has 1 saturated heterocycles. The van der Waals surface area contributed by atoms with Gasteiger partial charge in [0.15, 0.2) is 0 Å². The SMILES string of the molecule is Cc1cccc(CC(=O)N2CCN(C(=O)c3cc(F)ccc3F)CC2)c1. The fraction of sp³-hybridized carbons (Fsp3) is 0.300. The lowest BCUT2D eigenvalue weighted by Crippen LogP contribution is -2.51. The molecule has 0 bridgehead atoms. The average molecular weight is 358 g/mol. The van der Waals surface area contributed by atoms with Crippen molar-refractivity contribution >= 4 is 11.8 Å². The van der Waals surface area contributed by atoms with Gasteiger partial charge in [0, 0.05) is 26.2 Å². The van der Waals surface area contributed by atoms with Crippen LogP contribution in [0, 0.1) is 18.6 Å². The van der Waals surface area contributed by atoms with E-state index in [0.29, 0.717) is 32.6 Å². The lowest BCUT2D eigenvalue weighted by molar-refractivity contribution is -0.131. The molecule has 2 aromatic rings. The molecule has 0 atom stereocenters. The summed E-state index contributed by atoms with van der Waals surface area (Å²) < 4.78 is 27.1. The van der Waals surface area contributed by atoms with E-state index in [1.54, 1.807) is 4.90 Å². The van der Waals surface area contributed by atoms with Crippen molar-refractivity contribution in [1.29, 1.82) is 0 Å². The molecule has 1 aliphatic heterocycles. The number of carbonyl (C=O) groups is 2. The molecule has 4 nitrogen and oxygen atoms in total. The zero-order chi connectivity index (χ0) is 18.7. The van der Waals surface area contributed by atoms with Crippen molar-refractivity contribution < 1.29 is 18.4 Å². The molecule has 6 heteroatoms. The van der Waals surface area contributed by atoms with E-state index in [1.165, 1.54) is 4.90 Å². The molecule has 2 aromatic carbocycles. The van der Waals surface area contributed by atoms with Crippen molar-refractivity contribution in [2.75, 3.05) is 26.2 Å². The summed E-state index contributed by atoms with van der Waals surface area (Å²) in [4.78, 5) is 28.0. The number of aryl methyl sites for hydroxylation is 1. The minimum Gasteiger partial charge on any atom is -0.339 e. The van der Waals surface area contributed by atoms with Crippen molar-refractivity contribution in [3.05, 3.63) is 70.8 Å². The van der Waals surface area contributed by atoms with Crippen molar-refractivity contribution in [3.63, 3.8) is 0 Å². The Bertz CT molecular complexity index is 830. The van der Waals surface area contributed by atoms with E-state index < -0.39 is 17.5 Å². The van der Waals surface area contributed by atoms with E-state index in [4.69, 9.17) is 0 Å². The van der Waals surface area contributed by atoms with Crippen molar-refractivity contribution in [2.24, 2.45) is 0 Å². The Balaban J connectivity index is 1.59. The largest absolute Gasteiger partial charge is 0.339 e. The van der Waals surface area contributed by atoms with Gasteiger partial charge in [-0.15, -0.1) is 0 Å². The van der Waals surface area contributed by atoms with Gasteiger partial charge in [-0.25, -0.2) is 8.78 Å². The molecule has 0 saturated carbocycles. The molecule has 0 radical (unpaired) electrons. The third-order valence-electron chi connectivity index (χ3n) is 4.52. The highest BCUT2D eigenvalue weighted by atomic mass is 19.1. The summed E-state index contributed by atoms with van der Waals surface area (Å²) in [6, 6.07) is 10.6. The number of benzene rings is 2. The summed E-state index contributed by atoms with van der Waals surface area (Å²) in [5.41, 5.74) is 1.78. The Morgan fingerprint density at radius 3 is 2.35 bits per heavy atom. The quantitative estimate of drug-likeness (QED) is 0.847. The Labute approximate surface area is 151 Å². The molecule has 0 aliphatic carbocycles. The smallest absolute Gasteiger partial charge is 0.257 e. The second kappa shape index (κ2) is 7.64. The van der Waals surface area contributed by atoms with E-state index in [-0.39, 0.29) is 11.5 Å². The van der Waals surface area contributed by atoms with E-state index in [1.807, 2.05) is 31.2 Å². The monoisotopic (exact) mass is 358 g/mol. The first-order valence-corrected chi connectivity index (χ1v) is 8.51. The molecule has 3 rings (SSSR count). The molecule has 0 aromatic heterocycles. The van der Waals surface area contributed by atoms with Crippen LogP contribution in [0.5, 0.6) is 0 Å². The van der Waals surface area contributed by atoms with Crippen LogP contribution in [0.1, 0.15) is 21.5 Å². The third kappa shape index (κ3) is 4.07. The Kier molecular flexibility index (Phi) is 5.30. The fourth-order valence-electron chi connectivity index (χ4n) is 3.10. The lowest BCUT2D eigenvalue weighted by Gasteiger charge is -2.35. The predicted octanol–water partition coefficient (Wildman–Crippen LogP) is 2.80. The molecule has 1 heterocycles. The Morgan fingerprint density at radius 1 is 0.962 bits per heavy atom. The summed E-state index contributed by atoms with van der Waals surface area (Å²) in [6.45, 7) is 3.34. The van der Waals surface area contributed by atoms with Gasteiger partial charge in [0.25, 0.3) is 5.91 Å². The standard InChI is InChI=1S/C20H20F2N2O2/c1-14-3-2-4-15(11-14)12-19(25)23-7-9-24(10-8-23)20(26)17-13-16(21)5-6-18(17)22/h2-6,11,13H,7-10,12H2,1H3. The molecule has 26 heavy (non-hydrogen) atoms. The van der Waals surface area contributed by atoms with Gasteiger partial charge in [-0.2, -0.15) is 0 Å². The summed E-state index contributed by atoms with van der Waals surface area (Å²) in [5, 5.41) is 0. The van der Waals surface area contributed by atoms with Crippen LogP contribution >= 0.6 is 0 Å². The molecule has 0 unspecified atom stereocenters.